The lowest BCUT2D eigenvalue weighted by Crippen LogP contribution is -2.45. The summed E-state index contributed by atoms with van der Waals surface area (Å²) in [5.41, 5.74) is 0.364. The van der Waals surface area contributed by atoms with Gasteiger partial charge in [-0.25, -0.2) is 4.39 Å². The summed E-state index contributed by atoms with van der Waals surface area (Å²) in [4.78, 5) is 12.0. The zero-order chi connectivity index (χ0) is 15.6. The number of hydrogen-bond donors (Lipinski definition) is 3. The molecule has 1 aliphatic rings. The molecule has 1 amide bonds. The molecular formula is C15H20ClFN2O2. The van der Waals surface area contributed by atoms with Crippen LogP contribution in [0.25, 0.3) is 0 Å². The van der Waals surface area contributed by atoms with E-state index in [-0.39, 0.29) is 17.8 Å². The molecule has 1 aromatic rings. The molecule has 0 saturated carbocycles. The van der Waals surface area contributed by atoms with E-state index in [9.17, 15) is 14.3 Å². The maximum absolute atomic E-state index is 13.1. The first-order valence-corrected chi connectivity index (χ1v) is 7.32. The minimum atomic E-state index is -0.472. The Labute approximate surface area is 128 Å². The lowest BCUT2D eigenvalue weighted by Gasteiger charge is -2.27. The van der Waals surface area contributed by atoms with Gasteiger partial charge in [0.1, 0.15) is 5.82 Å². The van der Waals surface area contributed by atoms with Crippen molar-refractivity contribution in [1.29, 1.82) is 0 Å². The molecule has 1 heterocycles. The van der Waals surface area contributed by atoms with Crippen molar-refractivity contribution >= 4 is 17.5 Å². The Morgan fingerprint density at radius 3 is 2.86 bits per heavy atom. The average molecular weight is 315 g/mol. The van der Waals surface area contributed by atoms with Crippen LogP contribution < -0.4 is 10.6 Å². The Balaban J connectivity index is 1.99. The van der Waals surface area contributed by atoms with Crippen LogP contribution in [0.4, 0.5) is 4.39 Å². The van der Waals surface area contributed by atoms with Crippen LogP contribution >= 0.6 is 11.6 Å². The van der Waals surface area contributed by atoms with Crippen LogP contribution in [0.15, 0.2) is 18.2 Å². The van der Waals surface area contributed by atoms with Gasteiger partial charge in [-0.15, -0.1) is 0 Å². The van der Waals surface area contributed by atoms with Gasteiger partial charge in [-0.3, -0.25) is 4.79 Å². The van der Waals surface area contributed by atoms with Crippen molar-refractivity contribution in [2.75, 3.05) is 13.1 Å². The largest absolute Gasteiger partial charge is 0.392 e. The fraction of sp³-hybridized carbons (Fsp3) is 0.533. The third-order valence-electron chi connectivity index (χ3n) is 3.79. The molecule has 0 spiro atoms. The smallest absolute Gasteiger partial charge is 0.237 e. The Morgan fingerprint density at radius 2 is 2.29 bits per heavy atom. The normalized spacial score (nSPS) is 22.3. The second-order valence-corrected chi connectivity index (χ2v) is 6.48. The first kappa shape index (κ1) is 16.2. The number of rotatable bonds is 4. The van der Waals surface area contributed by atoms with Crippen molar-refractivity contribution in [2.24, 2.45) is 0 Å². The summed E-state index contributed by atoms with van der Waals surface area (Å²) in [5.74, 6) is -0.523. The van der Waals surface area contributed by atoms with Crippen LogP contribution in [-0.4, -0.2) is 36.2 Å². The van der Waals surface area contributed by atoms with Crippen LogP contribution in [0.5, 0.6) is 0 Å². The van der Waals surface area contributed by atoms with Gasteiger partial charge in [0, 0.05) is 23.5 Å². The lowest BCUT2D eigenvalue weighted by atomic mass is 9.84. The van der Waals surface area contributed by atoms with Crippen LogP contribution in [0.2, 0.25) is 5.02 Å². The standard InChI is InChI=1S/C15H20ClFN2O2/c1-15(2,11-4-3-9(17)5-12(11)16)8-19-14(21)13-6-10(20)7-18-13/h3-5,10,13,18,20H,6-8H2,1-2H3,(H,19,21). The molecule has 2 unspecified atom stereocenters. The first-order valence-electron chi connectivity index (χ1n) is 6.94. The monoisotopic (exact) mass is 314 g/mol. The quantitative estimate of drug-likeness (QED) is 0.791. The highest BCUT2D eigenvalue weighted by Gasteiger charge is 2.30. The molecule has 1 aliphatic heterocycles. The number of aliphatic hydroxyl groups is 1. The van der Waals surface area contributed by atoms with Crippen LogP contribution in [0.1, 0.15) is 25.8 Å². The van der Waals surface area contributed by atoms with Crippen molar-refractivity contribution in [3.8, 4) is 0 Å². The Bertz CT molecular complexity index is 536. The summed E-state index contributed by atoms with van der Waals surface area (Å²) in [6, 6.07) is 3.91. The van der Waals surface area contributed by atoms with Crippen molar-refractivity contribution < 1.29 is 14.3 Å². The SMILES string of the molecule is CC(C)(CNC(=O)C1CC(O)CN1)c1ccc(F)cc1Cl. The van der Waals surface area contributed by atoms with Gasteiger partial charge in [-0.05, 0) is 24.1 Å². The number of amides is 1. The van der Waals surface area contributed by atoms with E-state index in [2.05, 4.69) is 10.6 Å². The van der Waals surface area contributed by atoms with Gasteiger partial charge in [0.15, 0.2) is 0 Å². The summed E-state index contributed by atoms with van der Waals surface area (Å²) in [6.07, 6.45) is -0.0517. The first-order chi connectivity index (χ1) is 9.79. The van der Waals surface area contributed by atoms with E-state index in [1.807, 2.05) is 13.8 Å². The summed E-state index contributed by atoms with van der Waals surface area (Å²) < 4.78 is 13.1. The van der Waals surface area contributed by atoms with Crippen LogP contribution in [0, 0.1) is 5.82 Å². The predicted octanol–water partition coefficient (Wildman–Crippen LogP) is 1.60. The van der Waals surface area contributed by atoms with E-state index in [1.165, 1.54) is 12.1 Å². The molecule has 1 saturated heterocycles. The molecule has 4 nitrogen and oxygen atoms in total. The zero-order valence-electron chi connectivity index (χ0n) is 12.1. The summed E-state index contributed by atoms with van der Waals surface area (Å²) in [6.45, 7) is 4.68. The maximum Gasteiger partial charge on any atom is 0.237 e. The highest BCUT2D eigenvalue weighted by molar-refractivity contribution is 6.31. The molecule has 3 N–H and O–H groups in total. The fourth-order valence-corrected chi connectivity index (χ4v) is 2.90. The highest BCUT2D eigenvalue weighted by Crippen LogP contribution is 2.30. The fourth-order valence-electron chi connectivity index (χ4n) is 2.48. The van der Waals surface area contributed by atoms with Gasteiger partial charge in [0.2, 0.25) is 5.91 Å². The number of nitrogens with one attached hydrogen (secondary N) is 2. The molecule has 0 aliphatic carbocycles. The van der Waals surface area contributed by atoms with Gasteiger partial charge < -0.3 is 15.7 Å². The third kappa shape index (κ3) is 3.93. The number of benzene rings is 1. The molecule has 6 heteroatoms. The van der Waals surface area contributed by atoms with E-state index in [0.29, 0.717) is 24.5 Å². The highest BCUT2D eigenvalue weighted by atomic mass is 35.5. The van der Waals surface area contributed by atoms with Crippen molar-refractivity contribution in [2.45, 2.75) is 37.8 Å². The number of aliphatic hydroxyl groups excluding tert-OH is 1. The van der Waals surface area contributed by atoms with E-state index < -0.39 is 11.5 Å². The van der Waals surface area contributed by atoms with E-state index in [1.54, 1.807) is 6.07 Å². The number of halogens is 2. The van der Waals surface area contributed by atoms with Crippen LogP contribution in [-0.2, 0) is 10.2 Å². The predicted molar refractivity (Wildman–Crippen MR) is 79.9 cm³/mol. The molecule has 1 aromatic carbocycles. The molecule has 116 valence electrons. The second kappa shape index (κ2) is 6.30. The third-order valence-corrected chi connectivity index (χ3v) is 4.10. The van der Waals surface area contributed by atoms with E-state index >= 15 is 0 Å². The molecular weight excluding hydrogens is 295 g/mol. The van der Waals surface area contributed by atoms with E-state index in [0.717, 1.165) is 5.56 Å². The van der Waals surface area contributed by atoms with Crippen molar-refractivity contribution in [1.82, 2.24) is 10.6 Å². The lowest BCUT2D eigenvalue weighted by molar-refractivity contribution is -0.123. The molecule has 0 aromatic heterocycles. The Kier molecular flexibility index (Phi) is 4.86. The molecule has 0 radical (unpaired) electrons. The number of hydrogen-bond acceptors (Lipinski definition) is 3. The van der Waals surface area contributed by atoms with Gasteiger partial charge in [-0.2, -0.15) is 0 Å². The van der Waals surface area contributed by atoms with Gasteiger partial charge >= 0.3 is 0 Å². The van der Waals surface area contributed by atoms with Crippen LogP contribution in [0.3, 0.4) is 0 Å². The number of β-amino-alcohol motifs (C(OH)–C–C–N with tert-alkyl or cyclic N) is 1. The number of carbonyl (C=O) groups is 1. The zero-order valence-corrected chi connectivity index (χ0v) is 12.9. The Hall–Kier alpha value is -1.17. The number of carbonyl (C=O) groups excluding carboxylic acids is 1. The molecule has 1 fully saturated rings. The summed E-state index contributed by atoms with van der Waals surface area (Å²) in [7, 11) is 0. The van der Waals surface area contributed by atoms with Crippen molar-refractivity contribution in [3.63, 3.8) is 0 Å². The minimum absolute atomic E-state index is 0.141. The van der Waals surface area contributed by atoms with Gasteiger partial charge in [0.05, 0.1) is 12.1 Å². The molecule has 21 heavy (non-hydrogen) atoms. The second-order valence-electron chi connectivity index (χ2n) is 6.08. The summed E-state index contributed by atoms with van der Waals surface area (Å²) in [5, 5.41) is 15.6. The van der Waals surface area contributed by atoms with Gasteiger partial charge in [0.25, 0.3) is 0 Å². The molecule has 0 bridgehead atoms. The molecule has 2 rings (SSSR count). The maximum atomic E-state index is 13.1. The van der Waals surface area contributed by atoms with E-state index in [4.69, 9.17) is 11.6 Å². The average Bonchev–Trinajstić information content (AvgIpc) is 2.82. The van der Waals surface area contributed by atoms with Crippen molar-refractivity contribution in [3.05, 3.63) is 34.6 Å². The summed E-state index contributed by atoms with van der Waals surface area (Å²) >= 11 is 6.08. The minimum Gasteiger partial charge on any atom is -0.392 e. The topological polar surface area (TPSA) is 61.4 Å². The molecule has 2 atom stereocenters. The van der Waals surface area contributed by atoms with Gasteiger partial charge in [-0.1, -0.05) is 31.5 Å². The Morgan fingerprint density at radius 1 is 1.57 bits per heavy atom.